The summed E-state index contributed by atoms with van der Waals surface area (Å²) in [5.74, 6) is 2.29. The van der Waals surface area contributed by atoms with Crippen molar-refractivity contribution in [2.45, 2.75) is 32.1 Å². The number of hydrogen-bond acceptors (Lipinski definition) is 5. The van der Waals surface area contributed by atoms with Crippen LogP contribution in [0.4, 0.5) is 5.82 Å². The summed E-state index contributed by atoms with van der Waals surface area (Å²) in [4.78, 5) is 11.2. The van der Waals surface area contributed by atoms with Crippen molar-refractivity contribution in [1.29, 1.82) is 0 Å². The van der Waals surface area contributed by atoms with Crippen LogP contribution in [0.15, 0.2) is 12.4 Å². The summed E-state index contributed by atoms with van der Waals surface area (Å²) in [6, 6.07) is 0. The van der Waals surface area contributed by atoms with E-state index in [0.717, 1.165) is 38.6 Å². The van der Waals surface area contributed by atoms with Crippen molar-refractivity contribution in [2.75, 3.05) is 37.7 Å². The maximum absolute atomic E-state index is 5.77. The minimum Gasteiger partial charge on any atom is -0.476 e. The van der Waals surface area contributed by atoms with E-state index >= 15 is 0 Å². The van der Waals surface area contributed by atoms with Gasteiger partial charge >= 0.3 is 0 Å². The number of ether oxygens (including phenoxy) is 1. The van der Waals surface area contributed by atoms with Crippen molar-refractivity contribution in [3.8, 4) is 5.88 Å². The van der Waals surface area contributed by atoms with Crippen LogP contribution in [0.5, 0.6) is 5.88 Å². The van der Waals surface area contributed by atoms with E-state index in [1.165, 1.54) is 32.1 Å². The highest BCUT2D eigenvalue weighted by Crippen LogP contribution is 2.19. The van der Waals surface area contributed by atoms with Crippen LogP contribution in [-0.4, -0.2) is 42.8 Å². The molecule has 0 aromatic carbocycles. The number of rotatable bonds is 4. The van der Waals surface area contributed by atoms with Crippen LogP contribution < -0.4 is 15.0 Å². The Morgan fingerprint density at radius 2 is 1.90 bits per heavy atom. The first kappa shape index (κ1) is 13.6. The minimum absolute atomic E-state index is 0.653. The highest BCUT2D eigenvalue weighted by molar-refractivity contribution is 5.36. The number of hydrogen-bond donors (Lipinski definition) is 1. The molecule has 0 atom stereocenters. The van der Waals surface area contributed by atoms with Gasteiger partial charge in [-0.3, -0.25) is 0 Å². The molecule has 5 nitrogen and oxygen atoms in total. The van der Waals surface area contributed by atoms with Gasteiger partial charge in [-0.05, 0) is 51.1 Å². The van der Waals surface area contributed by atoms with E-state index in [4.69, 9.17) is 4.74 Å². The SMILES string of the molecule is c1nc(N2CCCCC2)cnc1OCC1CCNCC1. The summed E-state index contributed by atoms with van der Waals surface area (Å²) in [6.07, 6.45) is 9.86. The maximum atomic E-state index is 5.77. The summed E-state index contributed by atoms with van der Waals surface area (Å²) < 4.78 is 5.77. The Labute approximate surface area is 120 Å². The van der Waals surface area contributed by atoms with Crippen LogP contribution >= 0.6 is 0 Å². The molecule has 2 fully saturated rings. The third-order valence-electron chi connectivity index (χ3n) is 4.22. The van der Waals surface area contributed by atoms with E-state index in [-0.39, 0.29) is 0 Å². The Kier molecular flexibility index (Phi) is 4.69. The van der Waals surface area contributed by atoms with Gasteiger partial charge in [-0.2, -0.15) is 0 Å². The molecule has 0 saturated carbocycles. The van der Waals surface area contributed by atoms with Gasteiger partial charge in [-0.25, -0.2) is 9.97 Å². The third kappa shape index (κ3) is 3.60. The third-order valence-corrected chi connectivity index (χ3v) is 4.22. The first-order valence-electron chi connectivity index (χ1n) is 7.82. The standard InChI is InChI=1S/C15H24N4O/c1-2-8-19(9-3-1)14-10-18-15(11-17-14)20-12-13-4-6-16-7-5-13/h10-11,13,16H,1-9,12H2. The van der Waals surface area contributed by atoms with Gasteiger partial charge in [0, 0.05) is 13.1 Å². The summed E-state index contributed by atoms with van der Waals surface area (Å²) in [7, 11) is 0. The van der Waals surface area contributed by atoms with Gasteiger partial charge in [0.1, 0.15) is 5.82 Å². The van der Waals surface area contributed by atoms with Gasteiger partial charge < -0.3 is 15.0 Å². The lowest BCUT2D eigenvalue weighted by molar-refractivity contribution is 0.208. The molecule has 1 N–H and O–H groups in total. The molecule has 3 heterocycles. The molecule has 110 valence electrons. The number of piperidine rings is 2. The normalized spacial score (nSPS) is 20.9. The van der Waals surface area contributed by atoms with Crippen molar-refractivity contribution in [3.05, 3.63) is 12.4 Å². The molecule has 2 aliphatic heterocycles. The number of nitrogens with one attached hydrogen (secondary N) is 1. The van der Waals surface area contributed by atoms with Crippen molar-refractivity contribution in [1.82, 2.24) is 15.3 Å². The molecule has 0 unspecified atom stereocenters. The molecule has 2 aliphatic rings. The zero-order chi connectivity index (χ0) is 13.6. The van der Waals surface area contributed by atoms with Crippen LogP contribution in [0.2, 0.25) is 0 Å². The second-order valence-electron chi connectivity index (χ2n) is 5.76. The summed E-state index contributed by atoms with van der Waals surface area (Å²) in [6.45, 7) is 5.18. The van der Waals surface area contributed by atoms with E-state index in [9.17, 15) is 0 Å². The first-order chi connectivity index (χ1) is 9.92. The van der Waals surface area contributed by atoms with Gasteiger partial charge in [-0.1, -0.05) is 0 Å². The van der Waals surface area contributed by atoms with Gasteiger partial charge in [0.25, 0.3) is 0 Å². The highest BCUT2D eigenvalue weighted by atomic mass is 16.5. The zero-order valence-corrected chi connectivity index (χ0v) is 12.1. The lowest BCUT2D eigenvalue weighted by Crippen LogP contribution is -2.31. The average molecular weight is 276 g/mol. The smallest absolute Gasteiger partial charge is 0.232 e. The van der Waals surface area contributed by atoms with Crippen molar-refractivity contribution < 1.29 is 4.74 Å². The Morgan fingerprint density at radius 1 is 1.10 bits per heavy atom. The van der Waals surface area contributed by atoms with Crippen LogP contribution in [0.3, 0.4) is 0 Å². The Hall–Kier alpha value is -1.36. The van der Waals surface area contributed by atoms with E-state index in [1.54, 1.807) is 6.20 Å². The number of anilines is 1. The fraction of sp³-hybridized carbons (Fsp3) is 0.733. The molecule has 1 aromatic rings. The second-order valence-corrected chi connectivity index (χ2v) is 5.76. The molecular formula is C15H24N4O. The van der Waals surface area contributed by atoms with E-state index < -0.39 is 0 Å². The van der Waals surface area contributed by atoms with Gasteiger partial charge in [0.2, 0.25) is 5.88 Å². The van der Waals surface area contributed by atoms with Crippen molar-refractivity contribution in [2.24, 2.45) is 5.92 Å². The second kappa shape index (κ2) is 6.88. The largest absolute Gasteiger partial charge is 0.476 e. The van der Waals surface area contributed by atoms with Gasteiger partial charge in [-0.15, -0.1) is 0 Å². The summed E-state index contributed by atoms with van der Waals surface area (Å²) in [5.41, 5.74) is 0. The minimum atomic E-state index is 0.653. The van der Waals surface area contributed by atoms with Crippen LogP contribution in [0, 0.1) is 5.92 Å². The first-order valence-corrected chi connectivity index (χ1v) is 7.82. The fourth-order valence-corrected chi connectivity index (χ4v) is 2.92. The van der Waals surface area contributed by atoms with Crippen LogP contribution in [-0.2, 0) is 0 Å². The quantitative estimate of drug-likeness (QED) is 0.909. The predicted molar refractivity (Wildman–Crippen MR) is 79.2 cm³/mol. The Balaban J connectivity index is 1.50. The Bertz CT molecular complexity index is 397. The fourth-order valence-electron chi connectivity index (χ4n) is 2.92. The van der Waals surface area contributed by atoms with E-state index in [2.05, 4.69) is 20.2 Å². The summed E-state index contributed by atoms with van der Waals surface area (Å²) in [5, 5.41) is 3.37. The topological polar surface area (TPSA) is 50.3 Å². The molecular weight excluding hydrogens is 252 g/mol. The van der Waals surface area contributed by atoms with E-state index in [0.29, 0.717) is 11.8 Å². The molecule has 5 heteroatoms. The average Bonchev–Trinajstić information content (AvgIpc) is 2.55. The van der Waals surface area contributed by atoms with E-state index in [1.807, 2.05) is 6.20 Å². The monoisotopic (exact) mass is 276 g/mol. The lowest BCUT2D eigenvalue weighted by Gasteiger charge is -2.27. The Morgan fingerprint density at radius 3 is 2.60 bits per heavy atom. The van der Waals surface area contributed by atoms with Crippen LogP contribution in [0.25, 0.3) is 0 Å². The van der Waals surface area contributed by atoms with Crippen molar-refractivity contribution in [3.63, 3.8) is 0 Å². The molecule has 2 saturated heterocycles. The molecule has 1 aromatic heterocycles. The number of aromatic nitrogens is 2. The maximum Gasteiger partial charge on any atom is 0.232 e. The molecule has 0 amide bonds. The molecule has 0 bridgehead atoms. The predicted octanol–water partition coefficient (Wildman–Crippen LogP) is 1.85. The highest BCUT2D eigenvalue weighted by Gasteiger charge is 2.15. The molecule has 3 rings (SSSR count). The zero-order valence-electron chi connectivity index (χ0n) is 12.1. The van der Waals surface area contributed by atoms with Gasteiger partial charge in [0.05, 0.1) is 19.0 Å². The number of nitrogens with zero attached hydrogens (tertiary/aromatic N) is 3. The van der Waals surface area contributed by atoms with Crippen molar-refractivity contribution >= 4 is 5.82 Å². The molecule has 0 radical (unpaired) electrons. The molecule has 0 aliphatic carbocycles. The van der Waals surface area contributed by atoms with Gasteiger partial charge in [0.15, 0.2) is 0 Å². The lowest BCUT2D eigenvalue weighted by atomic mass is 9.99. The molecule has 20 heavy (non-hydrogen) atoms. The molecule has 0 spiro atoms. The summed E-state index contributed by atoms with van der Waals surface area (Å²) >= 11 is 0. The van der Waals surface area contributed by atoms with Crippen LogP contribution in [0.1, 0.15) is 32.1 Å².